The predicted molar refractivity (Wildman–Crippen MR) is 307 cm³/mol. The molecule has 0 bridgehead atoms. The molecule has 9 rings (SSSR count). The number of carbonyl (C=O) groups is 1. The molecule has 2 saturated heterocycles. The number of nitrogens with one attached hydrogen (secondary N) is 3. The van der Waals surface area contributed by atoms with Crippen molar-refractivity contribution < 1.29 is 81.2 Å². The first-order valence-electron chi connectivity index (χ1n) is 27.4. The lowest BCUT2D eigenvalue weighted by atomic mass is 9.74. The van der Waals surface area contributed by atoms with E-state index in [-0.39, 0.29) is 97.1 Å². The summed E-state index contributed by atoms with van der Waals surface area (Å²) < 4.78 is 194. The number of H-pyrrole nitrogens is 2. The van der Waals surface area contributed by atoms with E-state index in [0.717, 1.165) is 5.56 Å². The number of halogens is 12. The van der Waals surface area contributed by atoms with E-state index in [1.165, 1.54) is 54.8 Å². The van der Waals surface area contributed by atoms with Crippen molar-refractivity contribution in [2.45, 2.75) is 120 Å². The lowest BCUT2D eigenvalue weighted by molar-refractivity contribution is -0.145. The third-order valence-electron chi connectivity index (χ3n) is 16.1. The molecule has 1 amide bonds. The first kappa shape index (κ1) is 71.3. The lowest BCUT2D eigenvalue weighted by Gasteiger charge is -2.53. The summed E-state index contributed by atoms with van der Waals surface area (Å²) in [6.45, 7) is 2.54. The van der Waals surface area contributed by atoms with Crippen LogP contribution in [0.15, 0.2) is 150 Å². The van der Waals surface area contributed by atoms with Gasteiger partial charge in [-0.1, -0.05) is 106 Å². The zero-order valence-corrected chi connectivity index (χ0v) is 47.7. The molecule has 28 heteroatoms. The van der Waals surface area contributed by atoms with Crippen molar-refractivity contribution in [1.29, 1.82) is 0 Å². The summed E-state index contributed by atoms with van der Waals surface area (Å²) in [6.07, 6.45) is -19.2. The van der Waals surface area contributed by atoms with Crippen molar-refractivity contribution in [2.24, 2.45) is 0 Å². The second-order valence-corrected chi connectivity index (χ2v) is 21.8. The molecule has 0 unspecified atom stereocenters. The van der Waals surface area contributed by atoms with E-state index in [9.17, 15) is 67.1 Å². The summed E-state index contributed by atoms with van der Waals surface area (Å²) in [5.74, 6) is 0. The van der Waals surface area contributed by atoms with Gasteiger partial charge in [-0.15, -0.1) is 0 Å². The van der Waals surface area contributed by atoms with E-state index in [2.05, 4.69) is 25.7 Å². The number of benzene rings is 5. The summed E-state index contributed by atoms with van der Waals surface area (Å²) in [6, 6.07) is 29.5. The number of ether oxygens (including phenoxy) is 5. The Bertz CT molecular complexity index is 3490. The fourth-order valence-electron chi connectivity index (χ4n) is 11.2. The molecule has 0 aliphatic carbocycles. The van der Waals surface area contributed by atoms with Gasteiger partial charge in [0.1, 0.15) is 19.3 Å². The maximum Gasteiger partial charge on any atom is 0.416 e. The van der Waals surface area contributed by atoms with Gasteiger partial charge >= 0.3 is 42.2 Å². The number of aromatic amines is 2. The number of hydrogen-bond acceptors (Lipinski definition) is 11. The number of amides is 1. The maximum atomic E-state index is 14.2. The molecule has 3 N–H and O–H groups in total. The minimum Gasteiger partial charge on any atom is -0.445 e. The van der Waals surface area contributed by atoms with Crippen molar-refractivity contribution in [3.8, 4) is 0 Å². The summed E-state index contributed by atoms with van der Waals surface area (Å²) >= 11 is 0. The van der Waals surface area contributed by atoms with Gasteiger partial charge in [-0.3, -0.25) is 14.0 Å². The molecule has 7 aromatic rings. The quantitative estimate of drug-likeness (QED) is 0.0696. The Kier molecular flexibility index (Phi) is 22.6. The number of carbonyl (C=O) groups excluding carboxylic acids is 1. The summed E-state index contributed by atoms with van der Waals surface area (Å²) in [5, 5.41) is 15.9. The normalized spacial score (nSPS) is 21.2. The third kappa shape index (κ3) is 16.0. The van der Waals surface area contributed by atoms with Crippen LogP contribution in [0, 0.1) is 0 Å². The van der Waals surface area contributed by atoms with Crippen LogP contribution in [0.4, 0.5) is 57.5 Å². The molecule has 90 heavy (non-hydrogen) atoms. The Morgan fingerprint density at radius 1 is 0.544 bits per heavy atom. The highest BCUT2D eigenvalue weighted by Gasteiger charge is 2.54. The van der Waals surface area contributed by atoms with Crippen LogP contribution >= 0.6 is 0 Å². The zero-order chi connectivity index (χ0) is 63.9. The monoisotopic (exact) mass is 1280 g/mol. The van der Waals surface area contributed by atoms with E-state index in [1.807, 2.05) is 30.3 Å². The Labute approximate surface area is 510 Å². The van der Waals surface area contributed by atoms with Crippen LogP contribution in [0.1, 0.15) is 117 Å². The van der Waals surface area contributed by atoms with Gasteiger partial charge in [0.25, 0.3) is 0 Å². The highest BCUT2D eigenvalue weighted by atomic mass is 19.4. The van der Waals surface area contributed by atoms with E-state index in [4.69, 9.17) is 23.7 Å². The first-order chi connectivity index (χ1) is 41.5. The molecule has 5 aromatic carbocycles. The molecule has 0 saturated carbocycles. The molecule has 0 radical (unpaired) electrons. The first-order valence-corrected chi connectivity index (χ1v) is 27.4. The Morgan fingerprint density at radius 2 is 0.956 bits per heavy atom. The van der Waals surface area contributed by atoms with Gasteiger partial charge in [-0.25, -0.2) is 24.6 Å². The molecule has 6 atom stereocenters. The Morgan fingerprint density at radius 3 is 1.37 bits per heavy atom. The second kappa shape index (κ2) is 28.6. The van der Waals surface area contributed by atoms with Crippen molar-refractivity contribution in [2.75, 3.05) is 53.7 Å². The van der Waals surface area contributed by atoms with Gasteiger partial charge in [0.2, 0.25) is 0 Å². The van der Waals surface area contributed by atoms with E-state index < -0.39 is 98.8 Å². The standard InChI is InChI=1S/C34H34F6N4O5.C26H28F6N4O3.2CH4/c1-23(25-15-27(33(35,36)37)17-28(16-25)34(38,39)40)49-21-32(26-11-7-4-8-12-26)14-13-31(20-47-2,44-22-41-42-29(44)45)19-43(32)30(46)48-18-24-9-5-3-6-10-24;1-17(18-10-20(25(27,28)29)12-21(11-18)26(30,31)32)39-15-24(19-6-4-3-5-7-19)9-8-23(13-33-24,14-38-2)36-16-34-35-22(36)37;;/h3-12,15-17,22-23H,13-14,18-21H2,1-2H3,(H,42,45);3-7,10-12,16-17,33H,8-9,13-15H2,1-2H3,(H,35,37);2*1H4/t23-,31+,32-;17-,23+,24-;;/m11../s1. The number of rotatable bonds is 18. The fourth-order valence-corrected chi connectivity index (χ4v) is 11.2. The van der Waals surface area contributed by atoms with Crippen LogP contribution in [0.2, 0.25) is 0 Å². The molecule has 2 aliphatic heterocycles. The number of methoxy groups -OCH3 is 2. The van der Waals surface area contributed by atoms with E-state index >= 15 is 0 Å². The summed E-state index contributed by atoms with van der Waals surface area (Å²) in [7, 11) is 2.96. The van der Waals surface area contributed by atoms with Gasteiger partial charge in [0, 0.05) is 20.8 Å². The lowest BCUT2D eigenvalue weighted by Crippen LogP contribution is -2.64. The highest BCUT2D eigenvalue weighted by Crippen LogP contribution is 2.47. The van der Waals surface area contributed by atoms with Gasteiger partial charge in [-0.05, 0) is 104 Å². The maximum absolute atomic E-state index is 14.2. The van der Waals surface area contributed by atoms with Crippen molar-refractivity contribution in [3.05, 3.63) is 211 Å². The molecule has 0 spiro atoms. The number of piperidine rings is 2. The molecule has 4 heterocycles. The fraction of sp³-hybridized carbons (Fsp3) is 0.435. The average Bonchev–Trinajstić information content (AvgIpc) is 1.07. The van der Waals surface area contributed by atoms with Crippen LogP contribution in [-0.2, 0) is 77.2 Å². The molecule has 2 aliphatic rings. The third-order valence-corrected chi connectivity index (χ3v) is 16.1. The van der Waals surface area contributed by atoms with Crippen LogP contribution in [0.3, 0.4) is 0 Å². The van der Waals surface area contributed by atoms with Crippen molar-refractivity contribution >= 4 is 6.09 Å². The molecule has 490 valence electrons. The van der Waals surface area contributed by atoms with Crippen molar-refractivity contribution in [3.63, 3.8) is 0 Å². The topological polar surface area (TPSA) is 180 Å². The second-order valence-electron chi connectivity index (χ2n) is 21.8. The van der Waals surface area contributed by atoms with Gasteiger partial charge in [0.05, 0.1) is 89.6 Å². The predicted octanol–water partition coefficient (Wildman–Crippen LogP) is 13.3. The summed E-state index contributed by atoms with van der Waals surface area (Å²) in [5.41, 5.74) is -9.26. The van der Waals surface area contributed by atoms with Crippen molar-refractivity contribution in [1.82, 2.24) is 39.7 Å². The Balaban J connectivity index is 0.000000287. The number of nitrogens with zero attached hydrogens (tertiary/aromatic N) is 5. The van der Waals surface area contributed by atoms with Crippen LogP contribution in [0.25, 0.3) is 0 Å². The number of likely N-dealkylation sites (tertiary alicyclic amines) is 1. The van der Waals surface area contributed by atoms with Crippen LogP contribution < -0.4 is 16.7 Å². The molecule has 16 nitrogen and oxygen atoms in total. The highest BCUT2D eigenvalue weighted by molar-refractivity contribution is 5.70. The largest absolute Gasteiger partial charge is 0.445 e. The van der Waals surface area contributed by atoms with Crippen LogP contribution in [-0.4, -0.2) is 94.3 Å². The number of alkyl halides is 12. The number of hydrogen-bond donors (Lipinski definition) is 3. The summed E-state index contributed by atoms with van der Waals surface area (Å²) in [4.78, 5) is 40.8. The number of aromatic nitrogens is 6. The average molecular weight is 1280 g/mol. The minimum absolute atomic E-state index is 0. The van der Waals surface area contributed by atoms with Gasteiger partial charge in [0.15, 0.2) is 0 Å². The molecular weight excluding hydrogens is 1210 g/mol. The molecule has 2 aromatic heterocycles. The zero-order valence-electron chi connectivity index (χ0n) is 47.7. The van der Waals surface area contributed by atoms with Gasteiger partial charge in [-0.2, -0.15) is 62.9 Å². The minimum atomic E-state index is -5.04. The SMILES string of the molecule is C.C.COC[C@]1(n2cn[nH]c2=O)CC[C@@](CO[C@H](C)c2cc(C(F)(F)F)cc(C(F)(F)F)c2)(c2ccccc2)N(C(=O)OCc2ccccc2)C1.COC[C@]1(n2cn[nH]c2=O)CC[C@@](CO[C@H](C)c2cc(C(F)(F)F)cc(C(F)(F)F)c2)(c2ccccc2)NC1. The smallest absolute Gasteiger partial charge is 0.416 e. The van der Waals surface area contributed by atoms with Crippen LogP contribution in [0.5, 0.6) is 0 Å². The van der Waals surface area contributed by atoms with E-state index in [1.54, 1.807) is 60.7 Å². The Hall–Kier alpha value is -7.79. The van der Waals surface area contributed by atoms with Gasteiger partial charge < -0.3 is 29.0 Å². The molecule has 2 fully saturated rings. The molecular formula is C62H70F12N8O8. The van der Waals surface area contributed by atoms with E-state index in [0.29, 0.717) is 48.2 Å².